The summed E-state index contributed by atoms with van der Waals surface area (Å²) < 4.78 is 5.34. The Morgan fingerprint density at radius 3 is 2.61 bits per heavy atom. The molecular formula is C14H25NO3. The number of aliphatic hydroxyl groups is 1. The molecule has 2 fully saturated rings. The van der Waals surface area contributed by atoms with Gasteiger partial charge in [-0.25, -0.2) is 0 Å². The standard InChI is InChI=1S/C14H25NO3/c1-18-13-6-4-12(5-7-13)14(17)15-8-2-3-11(9-15)10-16/h11-13,16H,2-10H2,1H3. The molecule has 1 aliphatic carbocycles. The minimum atomic E-state index is 0.189. The molecule has 0 spiro atoms. The van der Waals surface area contributed by atoms with Gasteiger partial charge in [0.25, 0.3) is 0 Å². The third kappa shape index (κ3) is 3.23. The Kier molecular flexibility index (Phi) is 5.01. The molecule has 1 amide bonds. The molecule has 4 heteroatoms. The summed E-state index contributed by atoms with van der Waals surface area (Å²) in [5.74, 6) is 0.787. The molecular weight excluding hydrogens is 230 g/mol. The highest BCUT2D eigenvalue weighted by molar-refractivity contribution is 5.79. The molecule has 1 N–H and O–H groups in total. The molecule has 18 heavy (non-hydrogen) atoms. The molecule has 0 aromatic heterocycles. The third-order valence-electron chi connectivity index (χ3n) is 4.45. The van der Waals surface area contributed by atoms with Crippen molar-refractivity contribution in [2.75, 3.05) is 26.8 Å². The number of likely N-dealkylation sites (tertiary alicyclic amines) is 1. The molecule has 1 atom stereocenters. The first-order chi connectivity index (χ1) is 8.74. The average molecular weight is 255 g/mol. The Hall–Kier alpha value is -0.610. The Labute approximate surface area is 109 Å². The minimum absolute atomic E-state index is 0.189. The van der Waals surface area contributed by atoms with E-state index < -0.39 is 0 Å². The summed E-state index contributed by atoms with van der Waals surface area (Å²) in [4.78, 5) is 14.4. The van der Waals surface area contributed by atoms with Crippen LogP contribution in [0.4, 0.5) is 0 Å². The van der Waals surface area contributed by atoms with Crippen LogP contribution in [0.2, 0.25) is 0 Å². The molecule has 1 aliphatic heterocycles. The van der Waals surface area contributed by atoms with E-state index in [1.54, 1.807) is 7.11 Å². The van der Waals surface area contributed by atoms with Crippen LogP contribution in [0.15, 0.2) is 0 Å². The van der Waals surface area contributed by atoms with Crippen LogP contribution in [0, 0.1) is 11.8 Å². The van der Waals surface area contributed by atoms with Gasteiger partial charge in [0, 0.05) is 32.7 Å². The van der Waals surface area contributed by atoms with Crippen LogP contribution in [-0.4, -0.2) is 48.8 Å². The zero-order valence-electron chi connectivity index (χ0n) is 11.3. The van der Waals surface area contributed by atoms with Crippen molar-refractivity contribution in [1.82, 2.24) is 4.90 Å². The maximum absolute atomic E-state index is 12.4. The molecule has 0 radical (unpaired) electrons. The van der Waals surface area contributed by atoms with Crippen LogP contribution < -0.4 is 0 Å². The maximum Gasteiger partial charge on any atom is 0.225 e. The SMILES string of the molecule is COC1CCC(C(=O)N2CCCC(CO)C2)CC1. The quantitative estimate of drug-likeness (QED) is 0.830. The van der Waals surface area contributed by atoms with Gasteiger partial charge < -0.3 is 14.7 Å². The molecule has 1 heterocycles. The number of piperidine rings is 1. The van der Waals surface area contributed by atoms with E-state index >= 15 is 0 Å². The zero-order chi connectivity index (χ0) is 13.0. The smallest absolute Gasteiger partial charge is 0.225 e. The highest BCUT2D eigenvalue weighted by Crippen LogP contribution is 2.28. The van der Waals surface area contributed by atoms with E-state index in [-0.39, 0.29) is 18.4 Å². The molecule has 1 saturated carbocycles. The van der Waals surface area contributed by atoms with Gasteiger partial charge in [0.05, 0.1) is 6.10 Å². The van der Waals surface area contributed by atoms with E-state index in [4.69, 9.17) is 4.74 Å². The lowest BCUT2D eigenvalue weighted by Crippen LogP contribution is -2.44. The Balaban J connectivity index is 1.83. The first-order valence-electron chi connectivity index (χ1n) is 7.17. The first kappa shape index (κ1) is 13.8. The van der Waals surface area contributed by atoms with Gasteiger partial charge in [-0.2, -0.15) is 0 Å². The van der Waals surface area contributed by atoms with Gasteiger partial charge >= 0.3 is 0 Å². The number of aliphatic hydroxyl groups excluding tert-OH is 1. The maximum atomic E-state index is 12.4. The lowest BCUT2D eigenvalue weighted by Gasteiger charge is -2.36. The largest absolute Gasteiger partial charge is 0.396 e. The van der Waals surface area contributed by atoms with Crippen LogP contribution >= 0.6 is 0 Å². The number of ether oxygens (including phenoxy) is 1. The summed E-state index contributed by atoms with van der Waals surface area (Å²) in [6.45, 7) is 1.83. The number of hydrogen-bond acceptors (Lipinski definition) is 3. The van der Waals surface area contributed by atoms with Crippen molar-refractivity contribution in [1.29, 1.82) is 0 Å². The molecule has 0 aromatic rings. The minimum Gasteiger partial charge on any atom is -0.396 e. The first-order valence-corrected chi connectivity index (χ1v) is 7.17. The number of hydrogen-bond donors (Lipinski definition) is 1. The van der Waals surface area contributed by atoms with Crippen molar-refractivity contribution < 1.29 is 14.6 Å². The van der Waals surface area contributed by atoms with E-state index in [0.29, 0.717) is 12.0 Å². The fraction of sp³-hybridized carbons (Fsp3) is 0.929. The molecule has 1 saturated heterocycles. The highest BCUT2D eigenvalue weighted by atomic mass is 16.5. The monoisotopic (exact) mass is 255 g/mol. The number of amides is 1. The topological polar surface area (TPSA) is 49.8 Å². The van der Waals surface area contributed by atoms with Crippen molar-refractivity contribution in [2.45, 2.75) is 44.6 Å². The third-order valence-corrected chi connectivity index (χ3v) is 4.45. The normalized spacial score (nSPS) is 33.4. The van der Waals surface area contributed by atoms with E-state index in [9.17, 15) is 9.90 Å². The van der Waals surface area contributed by atoms with E-state index in [0.717, 1.165) is 51.6 Å². The lowest BCUT2D eigenvalue weighted by atomic mass is 9.85. The van der Waals surface area contributed by atoms with Gasteiger partial charge in [0.1, 0.15) is 0 Å². The van der Waals surface area contributed by atoms with Crippen molar-refractivity contribution in [3.8, 4) is 0 Å². The Morgan fingerprint density at radius 2 is 2.00 bits per heavy atom. The van der Waals surface area contributed by atoms with Gasteiger partial charge in [-0.1, -0.05) is 0 Å². The summed E-state index contributed by atoms with van der Waals surface area (Å²) >= 11 is 0. The molecule has 1 unspecified atom stereocenters. The van der Waals surface area contributed by atoms with Gasteiger partial charge in [0.2, 0.25) is 5.91 Å². The van der Waals surface area contributed by atoms with Crippen molar-refractivity contribution >= 4 is 5.91 Å². The van der Waals surface area contributed by atoms with Crippen LogP contribution in [0.5, 0.6) is 0 Å². The predicted molar refractivity (Wildman–Crippen MR) is 69.1 cm³/mol. The van der Waals surface area contributed by atoms with Gasteiger partial charge in [-0.15, -0.1) is 0 Å². The van der Waals surface area contributed by atoms with Gasteiger partial charge in [0.15, 0.2) is 0 Å². The molecule has 2 rings (SSSR count). The molecule has 104 valence electrons. The second-order valence-electron chi connectivity index (χ2n) is 5.68. The van der Waals surface area contributed by atoms with E-state index in [1.807, 2.05) is 4.90 Å². The summed E-state index contributed by atoms with van der Waals surface area (Å²) in [6.07, 6.45) is 6.35. The molecule has 4 nitrogen and oxygen atoms in total. The second-order valence-corrected chi connectivity index (χ2v) is 5.68. The molecule has 0 aromatic carbocycles. The van der Waals surface area contributed by atoms with Crippen LogP contribution in [0.1, 0.15) is 38.5 Å². The van der Waals surface area contributed by atoms with Crippen LogP contribution in [0.25, 0.3) is 0 Å². The van der Waals surface area contributed by atoms with E-state index in [2.05, 4.69) is 0 Å². The van der Waals surface area contributed by atoms with Crippen molar-refractivity contribution in [2.24, 2.45) is 11.8 Å². The number of carbonyl (C=O) groups is 1. The van der Waals surface area contributed by atoms with Gasteiger partial charge in [-0.3, -0.25) is 4.79 Å². The number of rotatable bonds is 3. The predicted octanol–water partition coefficient (Wildman–Crippen LogP) is 1.42. The van der Waals surface area contributed by atoms with Crippen molar-refractivity contribution in [3.63, 3.8) is 0 Å². The second kappa shape index (κ2) is 6.53. The Morgan fingerprint density at radius 1 is 1.28 bits per heavy atom. The average Bonchev–Trinajstić information content (AvgIpc) is 2.46. The number of methoxy groups -OCH3 is 1. The highest BCUT2D eigenvalue weighted by Gasteiger charge is 2.31. The molecule has 2 aliphatic rings. The zero-order valence-corrected chi connectivity index (χ0v) is 11.3. The summed E-state index contributed by atoms with van der Waals surface area (Å²) in [7, 11) is 1.75. The van der Waals surface area contributed by atoms with Gasteiger partial charge in [-0.05, 0) is 44.4 Å². The molecule has 0 bridgehead atoms. The fourth-order valence-corrected chi connectivity index (χ4v) is 3.22. The summed E-state index contributed by atoms with van der Waals surface area (Å²) in [5.41, 5.74) is 0. The lowest BCUT2D eigenvalue weighted by molar-refractivity contribution is -0.139. The van der Waals surface area contributed by atoms with Crippen LogP contribution in [0.3, 0.4) is 0 Å². The number of carbonyl (C=O) groups excluding carboxylic acids is 1. The fourth-order valence-electron chi connectivity index (χ4n) is 3.22. The van der Waals surface area contributed by atoms with E-state index in [1.165, 1.54) is 0 Å². The summed E-state index contributed by atoms with van der Waals surface area (Å²) in [5, 5.41) is 9.21. The van der Waals surface area contributed by atoms with Crippen molar-refractivity contribution in [3.05, 3.63) is 0 Å². The summed E-state index contributed by atoms with van der Waals surface area (Å²) in [6, 6.07) is 0. The number of nitrogens with zero attached hydrogens (tertiary/aromatic N) is 1. The Bertz CT molecular complexity index is 274. The van der Waals surface area contributed by atoms with Crippen LogP contribution in [-0.2, 0) is 9.53 Å².